The van der Waals surface area contributed by atoms with E-state index in [1.54, 1.807) is 0 Å². The average Bonchev–Trinajstić information content (AvgIpc) is 3.00. The Labute approximate surface area is 170 Å². The summed E-state index contributed by atoms with van der Waals surface area (Å²) in [6.07, 6.45) is -19.7. The van der Waals surface area contributed by atoms with Crippen molar-refractivity contribution in [3.63, 3.8) is 0 Å². The van der Waals surface area contributed by atoms with Crippen LogP contribution in [-0.4, -0.2) is 146 Å². The topological polar surface area (TPSA) is 228 Å². The summed E-state index contributed by atoms with van der Waals surface area (Å²) in [5.41, 5.74) is 0. The van der Waals surface area contributed by atoms with Crippen LogP contribution in [0.3, 0.4) is 0 Å². The zero-order valence-electron chi connectivity index (χ0n) is 15.7. The highest BCUT2D eigenvalue weighted by Crippen LogP contribution is 2.30. The molecule has 0 spiro atoms. The maximum Gasteiger partial charge on any atom is 0.187 e. The van der Waals surface area contributed by atoms with Crippen LogP contribution in [0.25, 0.3) is 0 Å². The number of hydrogen-bond acceptors (Lipinski definition) is 14. The first-order valence-corrected chi connectivity index (χ1v) is 9.41. The first-order valence-electron chi connectivity index (χ1n) is 9.41. The predicted octanol–water partition coefficient (Wildman–Crippen LogP) is -6.29. The predicted molar refractivity (Wildman–Crippen MR) is 89.2 cm³/mol. The van der Waals surface area contributed by atoms with Gasteiger partial charge in [-0.3, -0.25) is 0 Å². The summed E-state index contributed by atoms with van der Waals surface area (Å²) in [7, 11) is 0. The van der Waals surface area contributed by atoms with Crippen molar-refractivity contribution in [1.29, 1.82) is 0 Å². The second-order valence-corrected chi connectivity index (χ2v) is 7.40. The van der Waals surface area contributed by atoms with Crippen LogP contribution in [0.4, 0.5) is 0 Å². The highest BCUT2D eigenvalue weighted by Gasteiger charge is 2.51. The van der Waals surface area contributed by atoms with E-state index < -0.39 is 99.7 Å². The van der Waals surface area contributed by atoms with Crippen LogP contribution in [0, 0.1) is 0 Å². The molecular weight excluding hydrogens is 416 g/mol. The molecular formula is C16H28O14. The molecule has 13 atom stereocenters. The fourth-order valence-electron chi connectivity index (χ4n) is 3.57. The lowest BCUT2D eigenvalue weighted by molar-refractivity contribution is -0.358. The minimum atomic E-state index is -1.77. The maximum atomic E-state index is 10.5. The quantitative estimate of drug-likeness (QED) is 0.186. The minimum absolute atomic E-state index is 0.414. The molecule has 3 rings (SSSR count). The SMILES string of the molecule is OC[C@@H]1O[C@@H](O[C@@H]2[C@@H](O)[C@H](O[C@@H]3[C@@H](O)[C@H](O)[C@@H](CO)O[C@H]3O)OC[C@H]2O)[C@H](O)[C@H]1O. The van der Waals surface area contributed by atoms with E-state index in [9.17, 15) is 35.7 Å². The van der Waals surface area contributed by atoms with Gasteiger partial charge in [0.2, 0.25) is 0 Å². The van der Waals surface area contributed by atoms with Gasteiger partial charge in [-0.05, 0) is 0 Å². The van der Waals surface area contributed by atoms with Crippen molar-refractivity contribution in [3.8, 4) is 0 Å². The normalized spacial score (nSPS) is 52.5. The molecule has 0 saturated carbocycles. The Morgan fingerprint density at radius 2 is 1.20 bits per heavy atom. The van der Waals surface area contributed by atoms with Gasteiger partial charge in [-0.25, -0.2) is 0 Å². The van der Waals surface area contributed by atoms with E-state index in [-0.39, 0.29) is 0 Å². The fourth-order valence-corrected chi connectivity index (χ4v) is 3.57. The van der Waals surface area contributed by atoms with Crippen molar-refractivity contribution >= 4 is 0 Å². The van der Waals surface area contributed by atoms with Gasteiger partial charge in [0.25, 0.3) is 0 Å². The first-order chi connectivity index (χ1) is 14.2. The Bertz CT molecular complexity index is 552. The van der Waals surface area contributed by atoms with Crippen LogP contribution < -0.4 is 0 Å². The molecule has 0 aliphatic carbocycles. The number of aliphatic hydroxyl groups excluding tert-OH is 9. The van der Waals surface area contributed by atoms with Crippen LogP contribution in [0.2, 0.25) is 0 Å². The molecule has 0 amide bonds. The minimum Gasteiger partial charge on any atom is -0.394 e. The molecule has 3 aliphatic heterocycles. The standard InChI is InChI=1S/C16H28O14/c17-1-5-7(20)9(22)13(14(25)27-5)30-15-11(24)12(4(19)3-26-15)29-16-10(23)8(21)6(2-18)28-16/h4-25H,1-3H2/t4-,5-,6+,7-,8+,9+,10-,11-,12+,13-,14-,15+,16+/m1/s1. The third kappa shape index (κ3) is 4.62. The molecule has 3 saturated heterocycles. The third-order valence-electron chi connectivity index (χ3n) is 5.35. The van der Waals surface area contributed by atoms with E-state index in [1.165, 1.54) is 0 Å². The van der Waals surface area contributed by atoms with Crippen LogP contribution >= 0.6 is 0 Å². The molecule has 0 aromatic rings. The zero-order valence-corrected chi connectivity index (χ0v) is 15.7. The van der Waals surface area contributed by atoms with Crippen molar-refractivity contribution in [2.24, 2.45) is 0 Å². The molecule has 176 valence electrons. The maximum absolute atomic E-state index is 10.5. The molecule has 14 heteroatoms. The summed E-state index contributed by atoms with van der Waals surface area (Å²) < 4.78 is 26.0. The molecule has 0 aromatic carbocycles. The summed E-state index contributed by atoms with van der Waals surface area (Å²) in [5, 5.41) is 88.7. The molecule has 0 unspecified atom stereocenters. The molecule has 0 radical (unpaired) electrons. The lowest BCUT2D eigenvalue weighted by Gasteiger charge is -2.44. The molecule has 30 heavy (non-hydrogen) atoms. The molecule has 3 heterocycles. The largest absolute Gasteiger partial charge is 0.394 e. The summed E-state index contributed by atoms with van der Waals surface area (Å²) in [5.74, 6) is 0. The Balaban J connectivity index is 1.65. The van der Waals surface area contributed by atoms with E-state index in [2.05, 4.69) is 0 Å². The van der Waals surface area contributed by atoms with Gasteiger partial charge in [-0.15, -0.1) is 0 Å². The van der Waals surface area contributed by atoms with E-state index in [0.717, 1.165) is 0 Å². The monoisotopic (exact) mass is 444 g/mol. The molecule has 9 N–H and O–H groups in total. The van der Waals surface area contributed by atoms with Gasteiger partial charge in [0.15, 0.2) is 18.9 Å². The molecule has 14 nitrogen and oxygen atoms in total. The van der Waals surface area contributed by atoms with Gasteiger partial charge >= 0.3 is 0 Å². The van der Waals surface area contributed by atoms with Crippen LogP contribution in [0.15, 0.2) is 0 Å². The Morgan fingerprint density at radius 1 is 0.633 bits per heavy atom. The van der Waals surface area contributed by atoms with Gasteiger partial charge in [-0.1, -0.05) is 0 Å². The highest BCUT2D eigenvalue weighted by atomic mass is 16.7. The fraction of sp³-hybridized carbons (Fsp3) is 1.00. The summed E-state index contributed by atoms with van der Waals surface area (Å²) >= 11 is 0. The molecule has 3 aliphatic rings. The third-order valence-corrected chi connectivity index (χ3v) is 5.35. The summed E-state index contributed by atoms with van der Waals surface area (Å²) in [6.45, 7) is -1.68. The number of aliphatic hydroxyl groups is 9. The van der Waals surface area contributed by atoms with Gasteiger partial charge in [-0.2, -0.15) is 0 Å². The number of rotatable bonds is 6. The van der Waals surface area contributed by atoms with Gasteiger partial charge < -0.3 is 69.6 Å². The van der Waals surface area contributed by atoms with E-state index in [4.69, 9.17) is 33.9 Å². The van der Waals surface area contributed by atoms with Crippen LogP contribution in [0.1, 0.15) is 0 Å². The summed E-state index contributed by atoms with van der Waals surface area (Å²) in [4.78, 5) is 0. The van der Waals surface area contributed by atoms with Crippen LogP contribution in [-0.2, 0) is 23.7 Å². The van der Waals surface area contributed by atoms with Gasteiger partial charge in [0, 0.05) is 0 Å². The van der Waals surface area contributed by atoms with Crippen LogP contribution in [0.5, 0.6) is 0 Å². The van der Waals surface area contributed by atoms with E-state index in [1.807, 2.05) is 0 Å². The van der Waals surface area contributed by atoms with Gasteiger partial charge in [0.05, 0.1) is 19.8 Å². The highest BCUT2D eigenvalue weighted by molar-refractivity contribution is 4.93. The second kappa shape index (κ2) is 9.93. The van der Waals surface area contributed by atoms with Crippen molar-refractivity contribution < 1.29 is 69.6 Å². The Kier molecular flexibility index (Phi) is 7.97. The van der Waals surface area contributed by atoms with Crippen molar-refractivity contribution in [2.75, 3.05) is 19.8 Å². The second-order valence-electron chi connectivity index (χ2n) is 7.40. The van der Waals surface area contributed by atoms with Crippen molar-refractivity contribution in [2.45, 2.75) is 79.9 Å². The smallest absolute Gasteiger partial charge is 0.187 e. The first kappa shape index (κ1) is 24.1. The zero-order chi connectivity index (χ0) is 22.2. The Hall–Kier alpha value is -0.560. The van der Waals surface area contributed by atoms with Crippen molar-refractivity contribution in [1.82, 2.24) is 0 Å². The summed E-state index contributed by atoms with van der Waals surface area (Å²) in [6, 6.07) is 0. The molecule has 3 fully saturated rings. The lowest BCUT2D eigenvalue weighted by atomic mass is 9.98. The lowest BCUT2D eigenvalue weighted by Crippen LogP contribution is -2.63. The van der Waals surface area contributed by atoms with Crippen molar-refractivity contribution in [3.05, 3.63) is 0 Å². The molecule has 0 bridgehead atoms. The van der Waals surface area contributed by atoms with Gasteiger partial charge in [0.1, 0.15) is 61.0 Å². The van der Waals surface area contributed by atoms with E-state index >= 15 is 0 Å². The molecule has 0 aromatic heterocycles. The number of ether oxygens (including phenoxy) is 5. The van der Waals surface area contributed by atoms with E-state index in [0.29, 0.717) is 0 Å². The number of hydrogen-bond donors (Lipinski definition) is 9. The average molecular weight is 444 g/mol. The Morgan fingerprint density at radius 3 is 1.80 bits per heavy atom.